The normalized spacial score (nSPS) is 10.9. The number of hydrogen-bond donors (Lipinski definition) is 0. The Bertz CT molecular complexity index is 1290. The molecule has 0 saturated heterocycles. The zero-order valence-corrected chi connectivity index (χ0v) is 20.0. The van der Waals surface area contributed by atoms with Crippen LogP contribution in [0, 0.1) is 0 Å². The Kier molecular flexibility index (Phi) is 8.02. The highest BCUT2D eigenvalue weighted by Gasteiger charge is 2.07. The summed E-state index contributed by atoms with van der Waals surface area (Å²) in [6.07, 6.45) is 7.31. The highest BCUT2D eigenvalue weighted by Crippen LogP contribution is 2.29. The Morgan fingerprint density at radius 2 is 1.57 bits per heavy atom. The standard InChI is InChI=1S/C30H29NO4/c1-3-33-29-16-14-24(20-30(29)34-4-2)22-35-27-12-7-9-23(19-27)13-15-28(32)25-10-8-11-26(21-25)31-17-5-6-18-31/h5-21H,3-4,22H2,1-2H3/b15-13+. The van der Waals surface area contributed by atoms with Crippen LogP contribution in [0.15, 0.2) is 97.3 Å². The molecular weight excluding hydrogens is 438 g/mol. The van der Waals surface area contributed by atoms with Gasteiger partial charge in [-0.05, 0) is 79.6 Å². The van der Waals surface area contributed by atoms with Gasteiger partial charge in [0.25, 0.3) is 0 Å². The molecule has 4 rings (SSSR count). The minimum atomic E-state index is -0.0526. The summed E-state index contributed by atoms with van der Waals surface area (Å²) in [5.41, 5.74) is 3.46. The lowest BCUT2D eigenvalue weighted by Crippen LogP contribution is -2.01. The summed E-state index contributed by atoms with van der Waals surface area (Å²) in [5, 5.41) is 0. The van der Waals surface area contributed by atoms with Crippen molar-refractivity contribution in [3.05, 3.63) is 114 Å². The van der Waals surface area contributed by atoms with E-state index in [4.69, 9.17) is 14.2 Å². The lowest BCUT2D eigenvalue weighted by molar-refractivity contribution is 0.104. The van der Waals surface area contributed by atoms with E-state index in [1.54, 1.807) is 6.08 Å². The second kappa shape index (κ2) is 11.7. The number of allylic oxidation sites excluding steroid dienone is 1. The van der Waals surface area contributed by atoms with Crippen LogP contribution >= 0.6 is 0 Å². The predicted molar refractivity (Wildman–Crippen MR) is 139 cm³/mol. The van der Waals surface area contributed by atoms with Crippen LogP contribution in [0.5, 0.6) is 17.2 Å². The van der Waals surface area contributed by atoms with Crippen LogP contribution in [0.4, 0.5) is 0 Å². The van der Waals surface area contributed by atoms with Gasteiger partial charge in [0.1, 0.15) is 12.4 Å². The molecule has 0 amide bonds. The average Bonchev–Trinajstić information content (AvgIpc) is 3.43. The first-order valence-corrected chi connectivity index (χ1v) is 11.7. The van der Waals surface area contributed by atoms with Crippen molar-refractivity contribution in [2.24, 2.45) is 0 Å². The fourth-order valence-corrected chi connectivity index (χ4v) is 3.65. The Labute approximate surface area is 206 Å². The van der Waals surface area contributed by atoms with Crippen molar-refractivity contribution in [3.8, 4) is 22.9 Å². The van der Waals surface area contributed by atoms with Gasteiger partial charge >= 0.3 is 0 Å². The fraction of sp³-hybridized carbons (Fsp3) is 0.167. The van der Waals surface area contributed by atoms with E-state index in [-0.39, 0.29) is 5.78 Å². The van der Waals surface area contributed by atoms with Gasteiger partial charge in [-0.3, -0.25) is 4.79 Å². The van der Waals surface area contributed by atoms with Crippen molar-refractivity contribution in [1.82, 2.24) is 4.57 Å². The van der Waals surface area contributed by atoms with E-state index < -0.39 is 0 Å². The molecule has 5 heteroatoms. The maximum atomic E-state index is 12.7. The van der Waals surface area contributed by atoms with Crippen molar-refractivity contribution < 1.29 is 19.0 Å². The van der Waals surface area contributed by atoms with E-state index in [0.29, 0.717) is 31.1 Å². The average molecular weight is 468 g/mol. The maximum absolute atomic E-state index is 12.7. The molecule has 0 aliphatic rings. The minimum absolute atomic E-state index is 0.0526. The van der Waals surface area contributed by atoms with Crippen LogP contribution in [-0.2, 0) is 6.61 Å². The third-order valence-corrected chi connectivity index (χ3v) is 5.33. The highest BCUT2D eigenvalue weighted by atomic mass is 16.5. The van der Waals surface area contributed by atoms with Crippen LogP contribution in [0.2, 0.25) is 0 Å². The van der Waals surface area contributed by atoms with E-state index in [9.17, 15) is 4.79 Å². The number of carbonyl (C=O) groups excluding carboxylic acids is 1. The van der Waals surface area contributed by atoms with E-state index in [1.807, 2.05) is 116 Å². The summed E-state index contributed by atoms with van der Waals surface area (Å²) in [6, 6.07) is 25.0. The predicted octanol–water partition coefficient (Wildman–Crippen LogP) is 6.75. The molecule has 0 aliphatic heterocycles. The van der Waals surface area contributed by atoms with Crippen molar-refractivity contribution in [3.63, 3.8) is 0 Å². The molecule has 0 aliphatic carbocycles. The third-order valence-electron chi connectivity index (χ3n) is 5.33. The van der Waals surface area contributed by atoms with Gasteiger partial charge in [0.15, 0.2) is 17.3 Å². The summed E-state index contributed by atoms with van der Waals surface area (Å²) in [7, 11) is 0. The van der Waals surface area contributed by atoms with Gasteiger partial charge in [0, 0.05) is 23.6 Å². The number of aromatic nitrogens is 1. The molecule has 1 heterocycles. The largest absolute Gasteiger partial charge is 0.490 e. The third kappa shape index (κ3) is 6.42. The van der Waals surface area contributed by atoms with Crippen molar-refractivity contribution in [1.29, 1.82) is 0 Å². The molecule has 0 radical (unpaired) electrons. The molecule has 4 aromatic rings. The van der Waals surface area contributed by atoms with Crippen LogP contribution in [0.1, 0.15) is 35.3 Å². The van der Waals surface area contributed by atoms with Crippen molar-refractivity contribution in [2.75, 3.05) is 13.2 Å². The molecule has 0 fully saturated rings. The first kappa shape index (κ1) is 23.9. The molecule has 178 valence electrons. The van der Waals surface area contributed by atoms with Crippen molar-refractivity contribution in [2.45, 2.75) is 20.5 Å². The molecule has 5 nitrogen and oxygen atoms in total. The molecule has 0 saturated carbocycles. The van der Waals surface area contributed by atoms with Crippen LogP contribution in [0.25, 0.3) is 11.8 Å². The molecule has 0 spiro atoms. The Morgan fingerprint density at radius 1 is 0.800 bits per heavy atom. The van der Waals surface area contributed by atoms with Crippen molar-refractivity contribution >= 4 is 11.9 Å². The molecule has 3 aromatic carbocycles. The minimum Gasteiger partial charge on any atom is -0.490 e. The monoisotopic (exact) mass is 467 g/mol. The number of nitrogens with zero attached hydrogens (tertiary/aromatic N) is 1. The smallest absolute Gasteiger partial charge is 0.185 e. The fourth-order valence-electron chi connectivity index (χ4n) is 3.65. The molecule has 0 atom stereocenters. The Balaban J connectivity index is 1.41. The van der Waals surface area contributed by atoms with Gasteiger partial charge in [-0.2, -0.15) is 0 Å². The number of hydrogen-bond acceptors (Lipinski definition) is 4. The number of carbonyl (C=O) groups is 1. The number of ketones is 1. The molecule has 0 N–H and O–H groups in total. The molecule has 0 bridgehead atoms. The maximum Gasteiger partial charge on any atom is 0.185 e. The highest BCUT2D eigenvalue weighted by molar-refractivity contribution is 6.07. The van der Waals surface area contributed by atoms with Crippen LogP contribution < -0.4 is 14.2 Å². The summed E-state index contributed by atoms with van der Waals surface area (Å²) < 4.78 is 19.3. The van der Waals surface area contributed by atoms with Gasteiger partial charge in [-0.15, -0.1) is 0 Å². The summed E-state index contributed by atoms with van der Waals surface area (Å²) in [6.45, 7) is 5.43. The van der Waals surface area contributed by atoms with E-state index in [2.05, 4.69) is 0 Å². The molecule has 1 aromatic heterocycles. The van der Waals surface area contributed by atoms with E-state index in [1.165, 1.54) is 0 Å². The topological polar surface area (TPSA) is 49.7 Å². The first-order valence-electron chi connectivity index (χ1n) is 11.7. The Morgan fingerprint density at radius 3 is 2.37 bits per heavy atom. The van der Waals surface area contributed by atoms with Gasteiger partial charge < -0.3 is 18.8 Å². The SMILES string of the molecule is CCOc1ccc(COc2cccc(/C=C/C(=O)c3cccc(-n4cccc4)c3)c2)cc1OCC. The lowest BCUT2D eigenvalue weighted by Gasteiger charge is -2.13. The van der Waals surface area contributed by atoms with E-state index >= 15 is 0 Å². The summed E-state index contributed by atoms with van der Waals surface area (Å²) >= 11 is 0. The zero-order chi connectivity index (χ0) is 24.5. The van der Waals surface area contributed by atoms with Gasteiger partial charge in [-0.1, -0.05) is 36.4 Å². The molecular formula is C30H29NO4. The van der Waals surface area contributed by atoms with Crippen LogP contribution in [0.3, 0.4) is 0 Å². The quantitative estimate of drug-likeness (QED) is 0.181. The van der Waals surface area contributed by atoms with Gasteiger partial charge in [0.05, 0.1) is 13.2 Å². The molecule has 0 unspecified atom stereocenters. The number of ether oxygens (including phenoxy) is 3. The number of benzene rings is 3. The Hall–Kier alpha value is -4.25. The molecule has 35 heavy (non-hydrogen) atoms. The van der Waals surface area contributed by atoms with E-state index in [0.717, 1.165) is 28.3 Å². The first-order chi connectivity index (χ1) is 17.2. The summed E-state index contributed by atoms with van der Waals surface area (Å²) in [5.74, 6) is 2.12. The lowest BCUT2D eigenvalue weighted by atomic mass is 10.1. The second-order valence-corrected chi connectivity index (χ2v) is 7.85. The second-order valence-electron chi connectivity index (χ2n) is 7.85. The van der Waals surface area contributed by atoms with Gasteiger partial charge in [-0.25, -0.2) is 0 Å². The zero-order valence-electron chi connectivity index (χ0n) is 20.0. The van der Waals surface area contributed by atoms with Gasteiger partial charge in [0.2, 0.25) is 0 Å². The van der Waals surface area contributed by atoms with Crippen LogP contribution in [-0.4, -0.2) is 23.6 Å². The summed E-state index contributed by atoms with van der Waals surface area (Å²) in [4.78, 5) is 12.7. The number of rotatable bonds is 11.